The first-order chi connectivity index (χ1) is 7.08. The number of hydrogen-bond acceptors (Lipinski definition) is 2. The second kappa shape index (κ2) is 3.47. The second-order valence-corrected chi connectivity index (χ2v) is 3.58. The number of carbonyl (C=O) groups excluding carboxylic acids is 1. The van der Waals surface area contributed by atoms with Crippen LogP contribution in [0.4, 0.5) is 0 Å². The van der Waals surface area contributed by atoms with Crippen LogP contribution in [0.2, 0.25) is 0 Å². The third kappa shape index (κ3) is 1.76. The molecule has 1 aliphatic carbocycles. The number of halogens is 1. The zero-order valence-electron chi connectivity index (χ0n) is 7.48. The highest BCUT2D eigenvalue weighted by molar-refractivity contribution is 6.32. The molecular weight excluding hydrogens is 218 g/mol. The maximum absolute atomic E-state index is 11.1. The monoisotopic (exact) mass is 223 g/mol. The van der Waals surface area contributed by atoms with Crippen molar-refractivity contribution < 1.29 is 14.7 Å². The van der Waals surface area contributed by atoms with Crippen LogP contribution in [0.25, 0.3) is 0 Å². The summed E-state index contributed by atoms with van der Waals surface area (Å²) in [5.74, 6) is -2.19. The molecule has 1 aliphatic heterocycles. The van der Waals surface area contributed by atoms with Crippen LogP contribution in [0.15, 0.2) is 39.9 Å². The van der Waals surface area contributed by atoms with Crippen LogP contribution in [0, 0.1) is 5.92 Å². The number of nitrogens with zero attached hydrogens (tertiary/aromatic N) is 1. The van der Waals surface area contributed by atoms with Gasteiger partial charge in [-0.3, -0.25) is 4.79 Å². The van der Waals surface area contributed by atoms with E-state index in [1.165, 1.54) is 0 Å². The summed E-state index contributed by atoms with van der Waals surface area (Å²) in [4.78, 5) is 25.7. The predicted octanol–water partition coefficient (Wildman–Crippen LogP) is 1.29. The number of allylic oxidation sites excluding steroid dienone is 4. The van der Waals surface area contributed by atoms with Crippen LogP contribution in [0.1, 0.15) is 0 Å². The molecule has 15 heavy (non-hydrogen) atoms. The highest BCUT2D eigenvalue weighted by Gasteiger charge is 2.29. The summed E-state index contributed by atoms with van der Waals surface area (Å²) < 4.78 is 0. The van der Waals surface area contributed by atoms with E-state index >= 15 is 0 Å². The molecular formula is C10H6ClNO3. The quantitative estimate of drug-likeness (QED) is 0.728. The number of aliphatic carboxylic acids is 1. The number of rotatable bonds is 1. The van der Waals surface area contributed by atoms with Crippen LogP contribution in [-0.2, 0) is 9.59 Å². The van der Waals surface area contributed by atoms with Gasteiger partial charge in [-0.25, -0.2) is 9.79 Å². The van der Waals surface area contributed by atoms with E-state index in [-0.39, 0.29) is 5.57 Å². The summed E-state index contributed by atoms with van der Waals surface area (Å²) in [5, 5.41) is 9.35. The van der Waals surface area contributed by atoms with E-state index in [4.69, 9.17) is 16.7 Å². The van der Waals surface area contributed by atoms with Crippen molar-refractivity contribution in [1.82, 2.24) is 0 Å². The fourth-order valence-corrected chi connectivity index (χ4v) is 1.69. The van der Waals surface area contributed by atoms with Gasteiger partial charge in [0.1, 0.15) is 0 Å². The molecule has 1 unspecified atom stereocenters. The van der Waals surface area contributed by atoms with Gasteiger partial charge >= 0.3 is 5.97 Å². The number of hydrogen-bond donors (Lipinski definition) is 1. The molecule has 5 heteroatoms. The fourth-order valence-electron chi connectivity index (χ4n) is 1.50. The molecule has 2 aliphatic rings. The first-order valence-corrected chi connectivity index (χ1v) is 4.58. The van der Waals surface area contributed by atoms with Gasteiger partial charge in [-0.1, -0.05) is 17.7 Å². The Morgan fingerprint density at radius 1 is 1.47 bits per heavy atom. The molecule has 0 fully saturated rings. The van der Waals surface area contributed by atoms with Gasteiger partial charge in [0.15, 0.2) is 0 Å². The van der Waals surface area contributed by atoms with Gasteiger partial charge < -0.3 is 5.11 Å². The van der Waals surface area contributed by atoms with Crippen molar-refractivity contribution in [3.63, 3.8) is 0 Å². The van der Waals surface area contributed by atoms with E-state index in [0.717, 1.165) is 6.08 Å². The summed E-state index contributed by atoms with van der Waals surface area (Å²) in [6, 6.07) is 0. The van der Waals surface area contributed by atoms with Gasteiger partial charge in [0.2, 0.25) is 0 Å². The SMILES string of the molecule is O=C1C=C(C(=O)O)C2C=C(Cl)C=CC2=N1. The number of carbonyl (C=O) groups is 2. The van der Waals surface area contributed by atoms with Gasteiger partial charge in [0.05, 0.1) is 17.2 Å². The third-order valence-electron chi connectivity index (χ3n) is 2.16. The summed E-state index contributed by atoms with van der Waals surface area (Å²) >= 11 is 5.76. The van der Waals surface area contributed by atoms with Crippen LogP contribution >= 0.6 is 11.6 Å². The van der Waals surface area contributed by atoms with E-state index in [1.54, 1.807) is 18.2 Å². The second-order valence-electron chi connectivity index (χ2n) is 3.14. The molecule has 76 valence electrons. The van der Waals surface area contributed by atoms with E-state index in [9.17, 15) is 9.59 Å². The lowest BCUT2D eigenvalue weighted by molar-refractivity contribution is -0.133. The Kier molecular flexibility index (Phi) is 2.28. The molecule has 0 saturated heterocycles. The number of carboxylic acids is 1. The van der Waals surface area contributed by atoms with Crippen molar-refractivity contribution in [3.8, 4) is 0 Å². The zero-order chi connectivity index (χ0) is 11.0. The Balaban J connectivity index is 2.48. The maximum atomic E-state index is 11.1. The van der Waals surface area contributed by atoms with Crippen molar-refractivity contribution in [3.05, 3.63) is 34.9 Å². The molecule has 0 aromatic rings. The average molecular weight is 224 g/mol. The molecule has 0 radical (unpaired) electrons. The molecule has 1 heterocycles. The van der Waals surface area contributed by atoms with Gasteiger partial charge in [0.25, 0.3) is 5.91 Å². The van der Waals surface area contributed by atoms with Gasteiger partial charge in [0, 0.05) is 11.1 Å². The van der Waals surface area contributed by atoms with E-state index in [0.29, 0.717) is 10.7 Å². The molecule has 0 spiro atoms. The minimum Gasteiger partial charge on any atom is -0.478 e. The summed E-state index contributed by atoms with van der Waals surface area (Å²) in [5.41, 5.74) is 0.428. The van der Waals surface area contributed by atoms with Crippen molar-refractivity contribution >= 4 is 29.2 Å². The summed E-state index contributed by atoms with van der Waals surface area (Å²) in [6.45, 7) is 0. The van der Waals surface area contributed by atoms with Crippen LogP contribution in [0.3, 0.4) is 0 Å². The Morgan fingerprint density at radius 3 is 2.87 bits per heavy atom. The number of carboxylic acid groups (broad SMARTS) is 1. The Morgan fingerprint density at radius 2 is 2.20 bits per heavy atom. The minimum absolute atomic E-state index is 0.00694. The highest BCUT2D eigenvalue weighted by atomic mass is 35.5. The lowest BCUT2D eigenvalue weighted by atomic mass is 9.88. The normalized spacial score (nSPS) is 23.9. The first-order valence-electron chi connectivity index (χ1n) is 4.21. The van der Waals surface area contributed by atoms with Crippen molar-refractivity contribution in [2.24, 2.45) is 10.9 Å². The van der Waals surface area contributed by atoms with Crippen LogP contribution in [0.5, 0.6) is 0 Å². The number of aliphatic imine (C=N–C) groups is 1. The topological polar surface area (TPSA) is 66.7 Å². The molecule has 1 atom stereocenters. The first kappa shape index (κ1) is 9.86. The molecule has 0 bridgehead atoms. The molecule has 1 N–H and O–H groups in total. The Hall–Kier alpha value is -1.68. The molecule has 0 saturated carbocycles. The van der Waals surface area contributed by atoms with Crippen LogP contribution < -0.4 is 0 Å². The molecule has 0 aromatic carbocycles. The number of fused-ring (bicyclic) bond motifs is 1. The lowest BCUT2D eigenvalue weighted by Gasteiger charge is -2.20. The standard InChI is InChI=1S/C10H6ClNO3/c11-5-1-2-8-6(3-5)7(10(14)15)4-9(13)12-8/h1-4,6H,(H,14,15). The van der Waals surface area contributed by atoms with E-state index in [2.05, 4.69) is 4.99 Å². The summed E-state index contributed by atoms with van der Waals surface area (Å²) in [7, 11) is 0. The minimum atomic E-state index is -1.13. The smallest absolute Gasteiger partial charge is 0.332 e. The van der Waals surface area contributed by atoms with Crippen molar-refractivity contribution in [2.45, 2.75) is 0 Å². The molecule has 2 rings (SSSR count). The lowest BCUT2D eigenvalue weighted by Crippen LogP contribution is -2.25. The largest absolute Gasteiger partial charge is 0.478 e. The Bertz CT molecular complexity index is 471. The summed E-state index contributed by atoms with van der Waals surface area (Å²) in [6.07, 6.45) is 5.72. The van der Waals surface area contributed by atoms with Crippen molar-refractivity contribution in [2.75, 3.05) is 0 Å². The van der Waals surface area contributed by atoms with Crippen LogP contribution in [-0.4, -0.2) is 22.7 Å². The number of amides is 1. The maximum Gasteiger partial charge on any atom is 0.332 e. The fraction of sp³-hybridized carbons (Fsp3) is 0.100. The average Bonchev–Trinajstić information content (AvgIpc) is 2.17. The van der Waals surface area contributed by atoms with E-state index < -0.39 is 17.8 Å². The molecule has 0 aromatic heterocycles. The van der Waals surface area contributed by atoms with Gasteiger partial charge in [-0.05, 0) is 12.2 Å². The van der Waals surface area contributed by atoms with Crippen molar-refractivity contribution in [1.29, 1.82) is 0 Å². The highest BCUT2D eigenvalue weighted by Crippen LogP contribution is 2.26. The van der Waals surface area contributed by atoms with Gasteiger partial charge in [-0.2, -0.15) is 0 Å². The third-order valence-corrected chi connectivity index (χ3v) is 2.41. The Labute approximate surface area is 90.3 Å². The predicted molar refractivity (Wildman–Crippen MR) is 54.7 cm³/mol. The van der Waals surface area contributed by atoms with E-state index in [1.807, 2.05) is 0 Å². The number of dihydropyridines is 1. The molecule has 1 amide bonds. The van der Waals surface area contributed by atoms with Gasteiger partial charge in [-0.15, -0.1) is 0 Å². The molecule has 4 nitrogen and oxygen atoms in total. The zero-order valence-corrected chi connectivity index (χ0v) is 8.23.